The van der Waals surface area contributed by atoms with E-state index in [4.69, 9.17) is 47.6 Å². The van der Waals surface area contributed by atoms with Gasteiger partial charge in [0.1, 0.15) is 42.7 Å². The third-order valence-electron chi connectivity index (χ3n) is 8.11. The number of hydrogen-bond donors (Lipinski definition) is 12. The number of carbonyl (C=O) groups is 1. The first-order chi connectivity index (χ1) is 20.1. The molecular weight excluding hydrogens is 558 g/mol. The highest BCUT2D eigenvalue weighted by Crippen LogP contribution is 2.32. The van der Waals surface area contributed by atoms with E-state index in [1.807, 2.05) is 0 Å². The molecular formula is C25H51N7O10. The molecule has 2 heterocycles. The molecule has 42 heavy (non-hydrogen) atoms. The molecule has 1 unspecified atom stereocenters. The number of ether oxygens (including phenoxy) is 4. The molecule has 17 nitrogen and oxygen atoms in total. The second-order valence-electron chi connectivity index (χ2n) is 11.2. The number of aliphatic hydroxyl groups excluding tert-OH is 5. The van der Waals surface area contributed by atoms with E-state index in [2.05, 4.69) is 10.6 Å². The van der Waals surface area contributed by atoms with Gasteiger partial charge in [0.15, 0.2) is 12.6 Å². The van der Waals surface area contributed by atoms with E-state index in [1.165, 1.54) is 0 Å². The maximum Gasteiger partial charge on any atom is 0.249 e. The number of amides is 1. The normalized spacial score (nSPS) is 41.8. The Hall–Kier alpha value is -1.13. The van der Waals surface area contributed by atoms with Gasteiger partial charge in [-0.05, 0) is 51.7 Å². The number of rotatable bonds is 14. The summed E-state index contributed by atoms with van der Waals surface area (Å²) >= 11 is 0. The maximum absolute atomic E-state index is 12.7. The fraction of sp³-hybridized carbons (Fsp3) is 0.960. The highest BCUT2D eigenvalue weighted by molar-refractivity contribution is 5.80. The van der Waals surface area contributed by atoms with Gasteiger partial charge in [0.2, 0.25) is 5.91 Å². The smallest absolute Gasteiger partial charge is 0.249 e. The predicted molar refractivity (Wildman–Crippen MR) is 148 cm³/mol. The summed E-state index contributed by atoms with van der Waals surface area (Å²) in [5, 5.41) is 58.3. The molecule has 3 aliphatic rings. The molecule has 17 heteroatoms. The van der Waals surface area contributed by atoms with E-state index in [0.29, 0.717) is 25.9 Å². The number of nitrogens with one attached hydrogen (secondary N) is 2. The first-order valence-electron chi connectivity index (χ1n) is 14.7. The molecule has 1 saturated carbocycles. The van der Waals surface area contributed by atoms with Crippen LogP contribution in [0.4, 0.5) is 0 Å². The molecule has 0 spiro atoms. The van der Waals surface area contributed by atoms with Crippen LogP contribution in [0.3, 0.4) is 0 Å². The predicted octanol–water partition coefficient (Wildman–Crippen LogP) is -6.42. The van der Waals surface area contributed by atoms with Gasteiger partial charge in [-0.1, -0.05) is 0 Å². The van der Waals surface area contributed by atoms with Gasteiger partial charge in [0, 0.05) is 12.6 Å². The Kier molecular flexibility index (Phi) is 14.1. The second kappa shape index (κ2) is 16.8. The molecule has 0 aromatic carbocycles. The molecule has 3 rings (SSSR count). The zero-order valence-corrected chi connectivity index (χ0v) is 23.8. The van der Waals surface area contributed by atoms with Gasteiger partial charge in [0.25, 0.3) is 0 Å². The van der Waals surface area contributed by atoms with Crippen molar-refractivity contribution in [1.82, 2.24) is 10.6 Å². The Labute approximate surface area is 245 Å². The lowest BCUT2D eigenvalue weighted by molar-refractivity contribution is -0.314. The van der Waals surface area contributed by atoms with E-state index < -0.39 is 85.9 Å². The molecule has 3 fully saturated rings. The zero-order chi connectivity index (χ0) is 31.0. The number of aliphatic hydroxyl groups is 5. The van der Waals surface area contributed by atoms with E-state index in [9.17, 15) is 30.3 Å². The Morgan fingerprint density at radius 3 is 2.29 bits per heavy atom. The summed E-state index contributed by atoms with van der Waals surface area (Å²) in [7, 11) is 0. The molecule has 17 N–H and O–H groups in total. The molecule has 0 aromatic heterocycles. The van der Waals surface area contributed by atoms with E-state index in [-0.39, 0.29) is 38.1 Å². The highest BCUT2D eigenvalue weighted by Gasteiger charge is 2.51. The SMILES string of the molecule is NCCCN[C@@H]1CC[C@@H](CN)O[C@@H]1OC1[C@@H](N)C[C@@H](NC(=O)[C@@H](O)CCN)[C@H](O[C@H]2O[C@H](CO)[C@@H](O)[C@H](N)[C@H]2O)[C@H]1O. The van der Waals surface area contributed by atoms with E-state index >= 15 is 0 Å². The standard InChI is InChI=1S/C25H51N7O10/c26-5-1-7-31-13-3-2-11(9-28)39-24(13)41-21-12(29)8-14(32-23(38)15(34)4-6-27)22(20(21)37)42-25-19(36)17(30)18(35)16(10-33)40-25/h11-22,24-25,31,33-37H,1-10,26-30H2,(H,32,38)/t11-,12-,13+,14+,15-,16+,17-,18+,19+,20-,21?,22-,24+,25+/m0/s1. The number of carbonyl (C=O) groups excluding carboxylic acids is 1. The average Bonchev–Trinajstić information content (AvgIpc) is 2.97. The van der Waals surface area contributed by atoms with Crippen LogP contribution in [0, 0.1) is 0 Å². The lowest BCUT2D eigenvalue weighted by atomic mass is 9.83. The van der Waals surface area contributed by atoms with Crippen LogP contribution in [-0.4, -0.2) is 150 Å². The van der Waals surface area contributed by atoms with Gasteiger partial charge < -0.3 is 83.8 Å². The van der Waals surface area contributed by atoms with Crippen LogP contribution in [0.25, 0.3) is 0 Å². The van der Waals surface area contributed by atoms with Gasteiger partial charge in [0.05, 0.1) is 30.8 Å². The Morgan fingerprint density at radius 2 is 1.64 bits per heavy atom. The summed E-state index contributed by atoms with van der Waals surface area (Å²) in [5.41, 5.74) is 29.4. The van der Waals surface area contributed by atoms with Crippen molar-refractivity contribution in [3.05, 3.63) is 0 Å². The van der Waals surface area contributed by atoms with E-state index in [0.717, 1.165) is 6.42 Å². The van der Waals surface area contributed by atoms with Crippen molar-refractivity contribution < 1.29 is 49.3 Å². The van der Waals surface area contributed by atoms with Crippen LogP contribution < -0.4 is 39.3 Å². The van der Waals surface area contributed by atoms with Gasteiger partial charge in [-0.3, -0.25) is 4.79 Å². The minimum absolute atomic E-state index is 0.000332. The molecule has 14 atom stereocenters. The van der Waals surface area contributed by atoms with Crippen molar-refractivity contribution >= 4 is 5.91 Å². The topological polar surface area (TPSA) is 309 Å². The molecule has 0 aromatic rings. The monoisotopic (exact) mass is 609 g/mol. The second-order valence-corrected chi connectivity index (χ2v) is 11.2. The van der Waals surface area contributed by atoms with Crippen LogP contribution in [0.15, 0.2) is 0 Å². The fourth-order valence-corrected chi connectivity index (χ4v) is 5.59. The number of hydrogen-bond acceptors (Lipinski definition) is 16. The van der Waals surface area contributed by atoms with Crippen molar-refractivity contribution in [2.45, 2.75) is 118 Å². The van der Waals surface area contributed by atoms with Crippen LogP contribution in [0.1, 0.15) is 32.1 Å². The van der Waals surface area contributed by atoms with Crippen LogP contribution in [0.5, 0.6) is 0 Å². The van der Waals surface area contributed by atoms with Crippen molar-refractivity contribution in [2.24, 2.45) is 28.7 Å². The summed E-state index contributed by atoms with van der Waals surface area (Å²) in [6.07, 6.45) is -9.79. The minimum Gasteiger partial charge on any atom is -0.394 e. The van der Waals surface area contributed by atoms with Crippen LogP contribution in [-0.2, 0) is 23.7 Å². The third-order valence-corrected chi connectivity index (χ3v) is 8.11. The maximum atomic E-state index is 12.7. The minimum atomic E-state index is -1.55. The average molecular weight is 610 g/mol. The van der Waals surface area contributed by atoms with Crippen LogP contribution in [0.2, 0.25) is 0 Å². The fourth-order valence-electron chi connectivity index (χ4n) is 5.59. The lowest BCUT2D eigenvalue weighted by Crippen LogP contribution is -2.69. The third kappa shape index (κ3) is 8.74. The largest absolute Gasteiger partial charge is 0.394 e. The number of nitrogens with two attached hydrogens (primary N) is 5. The highest BCUT2D eigenvalue weighted by atomic mass is 16.7. The first kappa shape index (κ1) is 35.4. The molecule has 1 aliphatic carbocycles. The quantitative estimate of drug-likeness (QED) is 0.0814. The Balaban J connectivity index is 1.83. The Morgan fingerprint density at radius 1 is 0.929 bits per heavy atom. The molecule has 2 aliphatic heterocycles. The molecule has 246 valence electrons. The van der Waals surface area contributed by atoms with Gasteiger partial charge in [-0.2, -0.15) is 0 Å². The summed E-state index contributed by atoms with van der Waals surface area (Å²) < 4.78 is 23.9. The molecule has 0 bridgehead atoms. The molecule has 2 saturated heterocycles. The summed E-state index contributed by atoms with van der Waals surface area (Å²) in [6, 6.07) is -3.27. The van der Waals surface area contributed by atoms with Crippen molar-refractivity contribution in [3.8, 4) is 0 Å². The lowest BCUT2D eigenvalue weighted by Gasteiger charge is -2.48. The van der Waals surface area contributed by atoms with E-state index in [1.54, 1.807) is 0 Å². The van der Waals surface area contributed by atoms with Gasteiger partial charge in [-0.15, -0.1) is 0 Å². The molecule has 1 amide bonds. The summed E-state index contributed by atoms with van der Waals surface area (Å²) in [6.45, 7) is 0.846. The van der Waals surface area contributed by atoms with Crippen molar-refractivity contribution in [3.63, 3.8) is 0 Å². The zero-order valence-electron chi connectivity index (χ0n) is 23.8. The summed E-state index contributed by atoms with van der Waals surface area (Å²) in [5.74, 6) is -0.756. The first-order valence-corrected chi connectivity index (χ1v) is 14.7. The van der Waals surface area contributed by atoms with Crippen LogP contribution >= 0.6 is 0 Å². The molecule has 0 radical (unpaired) electrons. The van der Waals surface area contributed by atoms with Gasteiger partial charge >= 0.3 is 0 Å². The summed E-state index contributed by atoms with van der Waals surface area (Å²) in [4.78, 5) is 12.7. The Bertz CT molecular complexity index is 818. The van der Waals surface area contributed by atoms with Gasteiger partial charge in [-0.25, -0.2) is 0 Å². The van der Waals surface area contributed by atoms with Crippen molar-refractivity contribution in [2.75, 3.05) is 32.8 Å². The van der Waals surface area contributed by atoms with Crippen molar-refractivity contribution in [1.29, 1.82) is 0 Å².